The molecule has 3 nitrogen and oxygen atoms in total. The quantitative estimate of drug-likeness (QED) is 0.174. The van der Waals surface area contributed by atoms with Crippen molar-refractivity contribution < 1.29 is 8.83 Å². The number of anilines is 3. The zero-order valence-electron chi connectivity index (χ0n) is 35.0. The predicted molar refractivity (Wildman–Crippen MR) is 250 cm³/mol. The first-order valence-electron chi connectivity index (χ1n) is 21.1. The lowest BCUT2D eigenvalue weighted by Crippen LogP contribution is -2.28. The Kier molecular flexibility index (Phi) is 7.90. The van der Waals surface area contributed by atoms with Crippen LogP contribution in [0, 0.1) is 0 Å². The molecule has 0 bridgehead atoms. The number of nitrogens with zero attached hydrogens (tertiary/aromatic N) is 1. The van der Waals surface area contributed by atoms with Gasteiger partial charge >= 0.3 is 0 Å². The standard InChI is InChI=1S/C57H47NO2/c1-55(2,3)38-22-26-42(27-23-38)58(43-28-24-39(25-29-43)56(4,5)6)48-35-47-53(54-52(48)44-19-13-14-20-49(44)60-54)51-45-33-37-31-32-59-50(37)34-36(45)21-30-46(51)57(47,40-15-9-7-10-16-40)41-17-11-8-12-18-41/h7-35H,1-6H3. The molecule has 0 radical (unpaired) electrons. The van der Waals surface area contributed by atoms with Gasteiger partial charge in [0, 0.05) is 27.7 Å². The molecule has 0 amide bonds. The minimum atomic E-state index is -0.674. The van der Waals surface area contributed by atoms with Crippen LogP contribution in [0.4, 0.5) is 17.1 Å². The number of furan rings is 2. The van der Waals surface area contributed by atoms with Gasteiger partial charge in [0.1, 0.15) is 16.7 Å². The molecule has 60 heavy (non-hydrogen) atoms. The monoisotopic (exact) mass is 777 g/mol. The third-order valence-electron chi connectivity index (χ3n) is 12.9. The number of para-hydroxylation sites is 1. The Bertz CT molecular complexity index is 3150. The van der Waals surface area contributed by atoms with E-state index in [1.807, 2.05) is 0 Å². The van der Waals surface area contributed by atoms with Gasteiger partial charge in [0.2, 0.25) is 0 Å². The van der Waals surface area contributed by atoms with Crippen molar-refractivity contribution in [2.24, 2.45) is 0 Å². The molecule has 0 unspecified atom stereocenters. The largest absolute Gasteiger partial charge is 0.464 e. The first-order valence-corrected chi connectivity index (χ1v) is 21.1. The van der Waals surface area contributed by atoms with Crippen molar-refractivity contribution in [3.8, 4) is 11.1 Å². The van der Waals surface area contributed by atoms with Gasteiger partial charge in [0.15, 0.2) is 0 Å². The fourth-order valence-electron chi connectivity index (χ4n) is 9.92. The van der Waals surface area contributed by atoms with Gasteiger partial charge in [-0.3, -0.25) is 0 Å². The van der Waals surface area contributed by atoms with Crippen LogP contribution >= 0.6 is 0 Å². The third-order valence-corrected chi connectivity index (χ3v) is 12.9. The first-order chi connectivity index (χ1) is 29.0. The normalized spacial score (nSPS) is 13.6. The van der Waals surface area contributed by atoms with Crippen LogP contribution in [0.3, 0.4) is 0 Å². The highest BCUT2D eigenvalue weighted by Gasteiger charge is 2.49. The van der Waals surface area contributed by atoms with Gasteiger partial charge in [-0.15, -0.1) is 0 Å². The average Bonchev–Trinajstić information content (AvgIpc) is 3.96. The van der Waals surface area contributed by atoms with E-state index in [1.54, 1.807) is 6.26 Å². The number of benzene rings is 8. The molecule has 0 aliphatic heterocycles. The Morgan fingerprint density at radius 3 is 1.65 bits per heavy atom. The summed E-state index contributed by atoms with van der Waals surface area (Å²) in [4.78, 5) is 2.46. The molecule has 8 aromatic carbocycles. The molecule has 1 aliphatic rings. The van der Waals surface area contributed by atoms with Crippen molar-refractivity contribution in [2.75, 3.05) is 4.90 Å². The maximum atomic E-state index is 7.28. The van der Waals surface area contributed by atoms with Crippen LogP contribution < -0.4 is 4.90 Å². The Balaban J connectivity index is 1.33. The fourth-order valence-corrected chi connectivity index (χ4v) is 9.92. The van der Waals surface area contributed by atoms with E-state index in [1.165, 1.54) is 44.3 Å². The van der Waals surface area contributed by atoms with Crippen molar-refractivity contribution >= 4 is 60.7 Å². The first kappa shape index (κ1) is 36.3. The Morgan fingerprint density at radius 1 is 0.467 bits per heavy atom. The van der Waals surface area contributed by atoms with E-state index in [-0.39, 0.29) is 10.8 Å². The van der Waals surface area contributed by atoms with Gasteiger partial charge in [-0.1, -0.05) is 157 Å². The van der Waals surface area contributed by atoms with E-state index in [0.717, 1.165) is 60.9 Å². The maximum absolute atomic E-state index is 7.28. The number of hydrogen-bond donors (Lipinski definition) is 0. The van der Waals surface area contributed by atoms with E-state index in [4.69, 9.17) is 8.83 Å². The lowest BCUT2D eigenvalue weighted by atomic mass is 9.67. The van der Waals surface area contributed by atoms with Gasteiger partial charge in [0.25, 0.3) is 0 Å². The van der Waals surface area contributed by atoms with Crippen LogP contribution in [-0.2, 0) is 16.2 Å². The molecule has 2 aromatic heterocycles. The summed E-state index contributed by atoms with van der Waals surface area (Å²) in [6.07, 6.45) is 1.79. The molecular weight excluding hydrogens is 731 g/mol. The topological polar surface area (TPSA) is 29.5 Å². The fraction of sp³-hybridized carbons (Fsp3) is 0.158. The Labute approximate surface area is 351 Å². The van der Waals surface area contributed by atoms with Crippen molar-refractivity contribution in [1.29, 1.82) is 0 Å². The summed E-state index contributed by atoms with van der Waals surface area (Å²) in [7, 11) is 0. The molecule has 3 heteroatoms. The van der Waals surface area contributed by atoms with E-state index in [0.29, 0.717) is 0 Å². The molecule has 1 aliphatic carbocycles. The molecule has 2 heterocycles. The molecule has 0 saturated carbocycles. The lowest BCUT2D eigenvalue weighted by molar-refractivity contribution is 0.590. The van der Waals surface area contributed by atoms with Crippen LogP contribution in [0.25, 0.3) is 54.8 Å². The van der Waals surface area contributed by atoms with Crippen molar-refractivity contribution in [3.05, 3.63) is 210 Å². The third kappa shape index (κ3) is 5.35. The molecule has 0 N–H and O–H groups in total. The molecule has 292 valence electrons. The highest BCUT2D eigenvalue weighted by Crippen LogP contribution is 2.62. The zero-order valence-corrected chi connectivity index (χ0v) is 35.0. The molecule has 11 rings (SSSR count). The predicted octanol–water partition coefficient (Wildman–Crippen LogP) is 15.9. The molecule has 0 saturated heterocycles. The van der Waals surface area contributed by atoms with Gasteiger partial charge < -0.3 is 13.7 Å². The minimum Gasteiger partial charge on any atom is -0.464 e. The van der Waals surface area contributed by atoms with Crippen LogP contribution in [0.5, 0.6) is 0 Å². The van der Waals surface area contributed by atoms with Gasteiger partial charge in [-0.2, -0.15) is 0 Å². The molecular formula is C57H47NO2. The molecule has 10 aromatic rings. The van der Waals surface area contributed by atoms with Gasteiger partial charge in [0.05, 0.1) is 22.8 Å². The van der Waals surface area contributed by atoms with E-state index in [9.17, 15) is 0 Å². The van der Waals surface area contributed by atoms with Crippen LogP contribution in [0.15, 0.2) is 185 Å². The van der Waals surface area contributed by atoms with Crippen molar-refractivity contribution in [1.82, 2.24) is 0 Å². The maximum Gasteiger partial charge on any atom is 0.145 e. The van der Waals surface area contributed by atoms with Crippen molar-refractivity contribution in [2.45, 2.75) is 57.8 Å². The summed E-state index contributed by atoms with van der Waals surface area (Å²) in [5.41, 5.74) is 15.0. The SMILES string of the molecule is CC(C)(C)c1ccc(N(c2ccc(C(C)(C)C)cc2)c2cc3c(c4oc5ccccc5c24)-c2c(ccc4cc5occc5cc24)C3(c2ccccc2)c2ccccc2)cc1. The van der Waals surface area contributed by atoms with Crippen molar-refractivity contribution in [3.63, 3.8) is 0 Å². The summed E-state index contributed by atoms with van der Waals surface area (Å²) in [5.74, 6) is 0. The highest BCUT2D eigenvalue weighted by atomic mass is 16.3. The van der Waals surface area contributed by atoms with Gasteiger partial charge in [-0.25, -0.2) is 0 Å². The summed E-state index contributed by atoms with van der Waals surface area (Å²) >= 11 is 0. The van der Waals surface area contributed by atoms with Crippen LogP contribution in [0.2, 0.25) is 0 Å². The summed E-state index contributed by atoms with van der Waals surface area (Å²) in [6.45, 7) is 13.7. The average molecular weight is 778 g/mol. The second kappa shape index (κ2) is 13.1. The summed E-state index contributed by atoms with van der Waals surface area (Å²) in [5, 5.41) is 5.57. The molecule has 0 atom stereocenters. The van der Waals surface area contributed by atoms with E-state index in [2.05, 4.69) is 216 Å². The van der Waals surface area contributed by atoms with Gasteiger partial charge in [-0.05, 0) is 115 Å². The van der Waals surface area contributed by atoms with E-state index >= 15 is 0 Å². The highest BCUT2D eigenvalue weighted by molar-refractivity contribution is 6.22. The van der Waals surface area contributed by atoms with Crippen LogP contribution in [0.1, 0.15) is 74.9 Å². The smallest absolute Gasteiger partial charge is 0.145 e. The lowest BCUT2D eigenvalue weighted by Gasteiger charge is -2.35. The summed E-state index contributed by atoms with van der Waals surface area (Å²) in [6, 6.07) is 62.7. The Hall–Kier alpha value is -6.84. The second-order valence-electron chi connectivity index (χ2n) is 18.6. The molecule has 0 fully saturated rings. The Morgan fingerprint density at radius 2 is 1.05 bits per heavy atom. The van der Waals surface area contributed by atoms with E-state index < -0.39 is 5.41 Å². The number of hydrogen-bond acceptors (Lipinski definition) is 3. The molecule has 0 spiro atoms. The zero-order chi connectivity index (χ0) is 41.0. The summed E-state index contributed by atoms with van der Waals surface area (Å²) < 4.78 is 13.2. The number of rotatable bonds is 5. The number of fused-ring (bicyclic) bond motifs is 10. The van der Waals surface area contributed by atoms with Crippen LogP contribution in [-0.4, -0.2) is 0 Å². The minimum absolute atomic E-state index is 0.0148. The second-order valence-corrected chi connectivity index (χ2v) is 18.6.